The van der Waals surface area contributed by atoms with Gasteiger partial charge in [-0.05, 0) is 52.9 Å². The number of aliphatic hydroxyl groups is 1. The average molecular weight is 218 g/mol. The van der Waals surface area contributed by atoms with Gasteiger partial charge in [0.2, 0.25) is 0 Å². The second-order valence-electron chi connectivity index (χ2n) is 3.80. The number of hydrogen-bond donors (Lipinski definition) is 1. The lowest BCUT2D eigenvalue weighted by Gasteiger charge is -2.11. The largest absolute Gasteiger partial charge is 0.384 e. The minimum absolute atomic E-state index is 0.490. The molecule has 0 bridgehead atoms. The fourth-order valence-electron chi connectivity index (χ4n) is 1.56. The molecule has 15 heavy (non-hydrogen) atoms. The lowest BCUT2D eigenvalue weighted by molar-refractivity contribution is 0.221. The van der Waals surface area contributed by atoms with Gasteiger partial charge in [-0.25, -0.2) is 0 Å². The van der Waals surface area contributed by atoms with E-state index in [1.165, 1.54) is 11.1 Å². The quantitative estimate of drug-likeness (QED) is 0.818. The summed E-state index contributed by atoms with van der Waals surface area (Å²) in [5.74, 6) is 0. The fraction of sp³-hybridized carbons (Fsp3) is 0.231. The molecule has 0 aliphatic rings. The third-order valence-electron chi connectivity index (χ3n) is 2.71. The zero-order chi connectivity index (χ0) is 10.8. The van der Waals surface area contributed by atoms with Crippen molar-refractivity contribution in [3.63, 3.8) is 0 Å². The monoisotopic (exact) mass is 218 g/mol. The summed E-state index contributed by atoms with van der Waals surface area (Å²) in [5.41, 5.74) is 4.43. The van der Waals surface area contributed by atoms with Crippen molar-refractivity contribution in [3.05, 3.63) is 57.3 Å². The van der Waals surface area contributed by atoms with E-state index in [1.54, 1.807) is 11.3 Å². The Morgan fingerprint density at radius 1 is 1.07 bits per heavy atom. The molecule has 2 aromatic rings. The van der Waals surface area contributed by atoms with Gasteiger partial charge < -0.3 is 5.11 Å². The average Bonchev–Trinajstić information content (AvgIpc) is 2.74. The van der Waals surface area contributed by atoms with Gasteiger partial charge in [0, 0.05) is 0 Å². The Kier molecular flexibility index (Phi) is 2.89. The maximum absolute atomic E-state index is 10.1. The Morgan fingerprint density at radius 3 is 2.47 bits per heavy atom. The highest BCUT2D eigenvalue weighted by molar-refractivity contribution is 7.07. The van der Waals surface area contributed by atoms with E-state index in [2.05, 4.69) is 26.0 Å². The van der Waals surface area contributed by atoms with Gasteiger partial charge in [-0.1, -0.05) is 18.2 Å². The van der Waals surface area contributed by atoms with Gasteiger partial charge >= 0.3 is 0 Å². The molecule has 0 saturated carbocycles. The first-order valence-electron chi connectivity index (χ1n) is 4.96. The van der Waals surface area contributed by atoms with Crippen LogP contribution in [0.5, 0.6) is 0 Å². The van der Waals surface area contributed by atoms with Crippen LogP contribution in [0.1, 0.15) is 28.4 Å². The number of benzene rings is 1. The lowest BCUT2D eigenvalue weighted by atomic mass is 10.00. The molecule has 0 unspecified atom stereocenters. The normalized spacial score (nSPS) is 12.7. The molecular weight excluding hydrogens is 204 g/mol. The summed E-state index contributed by atoms with van der Waals surface area (Å²) < 4.78 is 0. The molecule has 1 atom stereocenters. The summed E-state index contributed by atoms with van der Waals surface area (Å²) in [6, 6.07) is 8.06. The maximum Gasteiger partial charge on any atom is 0.105 e. The number of hydrogen-bond acceptors (Lipinski definition) is 2. The molecule has 1 N–H and O–H groups in total. The van der Waals surface area contributed by atoms with E-state index in [0.29, 0.717) is 0 Å². The highest BCUT2D eigenvalue weighted by atomic mass is 32.1. The molecule has 1 aromatic carbocycles. The van der Waals surface area contributed by atoms with Crippen molar-refractivity contribution in [1.82, 2.24) is 0 Å². The van der Waals surface area contributed by atoms with Crippen LogP contribution in [0, 0.1) is 13.8 Å². The number of rotatable bonds is 2. The molecule has 78 valence electrons. The summed E-state index contributed by atoms with van der Waals surface area (Å²) in [6.07, 6.45) is -0.490. The maximum atomic E-state index is 10.1. The van der Waals surface area contributed by atoms with Crippen LogP contribution in [-0.2, 0) is 0 Å². The van der Waals surface area contributed by atoms with Crippen molar-refractivity contribution >= 4 is 11.3 Å². The Bertz CT molecular complexity index is 446. The summed E-state index contributed by atoms with van der Waals surface area (Å²) in [7, 11) is 0. The van der Waals surface area contributed by atoms with Crippen LogP contribution >= 0.6 is 11.3 Å². The van der Waals surface area contributed by atoms with Gasteiger partial charge in [0.1, 0.15) is 6.10 Å². The van der Waals surface area contributed by atoms with Crippen molar-refractivity contribution in [1.29, 1.82) is 0 Å². The van der Waals surface area contributed by atoms with Crippen molar-refractivity contribution < 1.29 is 5.11 Å². The molecule has 0 spiro atoms. The highest BCUT2D eigenvalue weighted by Crippen LogP contribution is 2.25. The number of aryl methyl sites for hydroxylation is 2. The molecule has 1 nitrogen and oxygen atoms in total. The molecule has 0 amide bonds. The van der Waals surface area contributed by atoms with Crippen molar-refractivity contribution in [2.75, 3.05) is 0 Å². The summed E-state index contributed by atoms with van der Waals surface area (Å²) in [6.45, 7) is 4.15. The van der Waals surface area contributed by atoms with Gasteiger partial charge in [0.15, 0.2) is 0 Å². The third-order valence-corrected chi connectivity index (χ3v) is 3.41. The van der Waals surface area contributed by atoms with E-state index in [4.69, 9.17) is 0 Å². The molecule has 0 fully saturated rings. The number of thiophene rings is 1. The van der Waals surface area contributed by atoms with Crippen molar-refractivity contribution in [2.24, 2.45) is 0 Å². The minimum atomic E-state index is -0.490. The van der Waals surface area contributed by atoms with Crippen LogP contribution in [0.4, 0.5) is 0 Å². The van der Waals surface area contributed by atoms with E-state index >= 15 is 0 Å². The van der Waals surface area contributed by atoms with Gasteiger partial charge in [0.05, 0.1) is 0 Å². The van der Waals surface area contributed by atoms with Gasteiger partial charge in [-0.15, -0.1) is 0 Å². The zero-order valence-corrected chi connectivity index (χ0v) is 9.71. The predicted octanol–water partition coefficient (Wildman–Crippen LogP) is 3.45. The van der Waals surface area contributed by atoms with E-state index in [1.807, 2.05) is 22.9 Å². The molecule has 2 heteroatoms. The first-order valence-corrected chi connectivity index (χ1v) is 5.90. The van der Waals surface area contributed by atoms with E-state index in [0.717, 1.165) is 11.1 Å². The van der Waals surface area contributed by atoms with Crippen LogP contribution in [-0.4, -0.2) is 5.11 Å². The Balaban J connectivity index is 2.34. The zero-order valence-electron chi connectivity index (χ0n) is 8.90. The summed E-state index contributed by atoms with van der Waals surface area (Å²) >= 11 is 1.61. The summed E-state index contributed by atoms with van der Waals surface area (Å²) in [5, 5.41) is 14.1. The van der Waals surface area contributed by atoms with Crippen LogP contribution in [0.15, 0.2) is 35.0 Å². The summed E-state index contributed by atoms with van der Waals surface area (Å²) in [4.78, 5) is 0. The SMILES string of the molecule is Cc1ccc([C@@H](O)c2ccsc2)cc1C. The fourth-order valence-corrected chi connectivity index (χ4v) is 2.24. The second kappa shape index (κ2) is 4.17. The van der Waals surface area contributed by atoms with E-state index in [9.17, 15) is 5.11 Å². The Hall–Kier alpha value is -1.12. The standard InChI is InChI=1S/C13H14OS/c1-9-3-4-11(7-10(9)2)13(14)12-5-6-15-8-12/h3-8,13-14H,1-2H3/t13-/m1/s1. The first kappa shape index (κ1) is 10.4. The van der Waals surface area contributed by atoms with Gasteiger partial charge in [-0.2, -0.15) is 11.3 Å². The Morgan fingerprint density at radius 2 is 1.87 bits per heavy atom. The highest BCUT2D eigenvalue weighted by Gasteiger charge is 2.10. The molecule has 1 heterocycles. The van der Waals surface area contributed by atoms with E-state index in [-0.39, 0.29) is 0 Å². The van der Waals surface area contributed by atoms with Crippen LogP contribution in [0.2, 0.25) is 0 Å². The van der Waals surface area contributed by atoms with Crippen LogP contribution in [0.3, 0.4) is 0 Å². The minimum Gasteiger partial charge on any atom is -0.384 e. The topological polar surface area (TPSA) is 20.2 Å². The van der Waals surface area contributed by atoms with Gasteiger partial charge in [-0.3, -0.25) is 0 Å². The molecule has 0 aliphatic heterocycles. The molecule has 1 aromatic heterocycles. The van der Waals surface area contributed by atoms with Crippen molar-refractivity contribution in [3.8, 4) is 0 Å². The Labute approximate surface area is 94.0 Å². The number of aliphatic hydroxyl groups excluding tert-OH is 1. The lowest BCUT2D eigenvalue weighted by Crippen LogP contribution is -1.98. The smallest absolute Gasteiger partial charge is 0.105 e. The third kappa shape index (κ3) is 2.11. The molecule has 0 saturated heterocycles. The molecular formula is C13H14OS. The van der Waals surface area contributed by atoms with E-state index < -0.39 is 6.10 Å². The predicted molar refractivity (Wildman–Crippen MR) is 64.3 cm³/mol. The second-order valence-corrected chi connectivity index (χ2v) is 4.58. The van der Waals surface area contributed by atoms with Crippen LogP contribution < -0.4 is 0 Å². The van der Waals surface area contributed by atoms with Crippen LogP contribution in [0.25, 0.3) is 0 Å². The first-order chi connectivity index (χ1) is 7.18. The molecule has 0 radical (unpaired) electrons. The molecule has 0 aliphatic carbocycles. The molecule has 2 rings (SSSR count). The van der Waals surface area contributed by atoms with Gasteiger partial charge in [0.25, 0.3) is 0 Å². The van der Waals surface area contributed by atoms with Crippen molar-refractivity contribution in [2.45, 2.75) is 20.0 Å².